The van der Waals surface area contributed by atoms with Crippen molar-refractivity contribution in [3.05, 3.63) is 59.5 Å². The number of carbonyl (C=O) groups is 4. The van der Waals surface area contributed by atoms with Gasteiger partial charge in [0, 0.05) is 0 Å². The Morgan fingerprint density at radius 2 is 1.69 bits per heavy atom. The normalized spacial score (nSPS) is 14.1. The minimum atomic E-state index is -0.785. The Morgan fingerprint density at radius 1 is 1.03 bits per heavy atom. The SMILES string of the molecule is CC(C)C[C@H](NC(=O)CN1C(=O)c2ccccc2C1=O)C(=O)NCc1ccco1. The summed E-state index contributed by atoms with van der Waals surface area (Å²) in [5.41, 5.74) is 0.556. The van der Waals surface area contributed by atoms with Gasteiger partial charge in [-0.3, -0.25) is 24.1 Å². The minimum Gasteiger partial charge on any atom is -0.467 e. The van der Waals surface area contributed by atoms with E-state index in [4.69, 9.17) is 4.42 Å². The van der Waals surface area contributed by atoms with Gasteiger partial charge in [0.25, 0.3) is 11.8 Å². The first kappa shape index (κ1) is 20.3. The number of rotatable bonds is 8. The maximum atomic E-state index is 12.5. The lowest BCUT2D eigenvalue weighted by Crippen LogP contribution is -2.50. The number of fused-ring (bicyclic) bond motifs is 1. The van der Waals surface area contributed by atoms with Crippen LogP contribution in [0.2, 0.25) is 0 Å². The number of amides is 4. The van der Waals surface area contributed by atoms with Gasteiger partial charge in [0.2, 0.25) is 11.8 Å². The Morgan fingerprint density at radius 3 is 2.24 bits per heavy atom. The number of nitrogens with zero attached hydrogens (tertiary/aromatic N) is 1. The summed E-state index contributed by atoms with van der Waals surface area (Å²) in [5, 5.41) is 5.37. The Hall–Kier alpha value is -3.42. The first-order valence-electron chi connectivity index (χ1n) is 9.41. The van der Waals surface area contributed by atoms with Gasteiger partial charge >= 0.3 is 0 Å². The molecule has 0 spiro atoms. The van der Waals surface area contributed by atoms with Crippen LogP contribution in [0, 0.1) is 5.92 Å². The van der Waals surface area contributed by atoms with E-state index in [9.17, 15) is 19.2 Å². The number of furan rings is 1. The van der Waals surface area contributed by atoms with Crippen LogP contribution >= 0.6 is 0 Å². The van der Waals surface area contributed by atoms with Crippen LogP contribution in [0.3, 0.4) is 0 Å². The second-order valence-electron chi connectivity index (χ2n) is 7.29. The number of benzene rings is 1. The molecule has 0 bridgehead atoms. The largest absolute Gasteiger partial charge is 0.467 e. The van der Waals surface area contributed by atoms with Gasteiger partial charge in [-0.15, -0.1) is 0 Å². The van der Waals surface area contributed by atoms with Crippen LogP contribution in [-0.2, 0) is 16.1 Å². The fourth-order valence-electron chi connectivity index (χ4n) is 3.18. The smallest absolute Gasteiger partial charge is 0.262 e. The fraction of sp³-hybridized carbons (Fsp3) is 0.333. The maximum Gasteiger partial charge on any atom is 0.262 e. The molecule has 2 aromatic rings. The van der Waals surface area contributed by atoms with Crippen LogP contribution in [0.25, 0.3) is 0 Å². The van der Waals surface area contributed by atoms with E-state index in [1.807, 2.05) is 13.8 Å². The van der Waals surface area contributed by atoms with Gasteiger partial charge < -0.3 is 15.1 Å². The first-order chi connectivity index (χ1) is 13.9. The second-order valence-corrected chi connectivity index (χ2v) is 7.29. The molecule has 0 saturated heterocycles. The van der Waals surface area contributed by atoms with Crippen LogP contribution in [-0.4, -0.2) is 41.1 Å². The lowest BCUT2D eigenvalue weighted by atomic mass is 10.0. The van der Waals surface area contributed by atoms with E-state index in [0.29, 0.717) is 12.2 Å². The van der Waals surface area contributed by atoms with E-state index in [2.05, 4.69) is 10.6 Å². The lowest BCUT2D eigenvalue weighted by molar-refractivity contribution is -0.129. The summed E-state index contributed by atoms with van der Waals surface area (Å²) in [6.07, 6.45) is 1.93. The average Bonchev–Trinajstić information content (AvgIpc) is 3.29. The van der Waals surface area contributed by atoms with Gasteiger partial charge in [0.15, 0.2) is 0 Å². The number of hydrogen-bond donors (Lipinski definition) is 2. The highest BCUT2D eigenvalue weighted by Gasteiger charge is 2.36. The Balaban J connectivity index is 1.62. The highest BCUT2D eigenvalue weighted by atomic mass is 16.3. The van der Waals surface area contributed by atoms with Crippen LogP contribution < -0.4 is 10.6 Å². The molecular weight excluding hydrogens is 374 g/mol. The van der Waals surface area contributed by atoms with E-state index >= 15 is 0 Å². The number of nitrogens with one attached hydrogen (secondary N) is 2. The molecule has 1 aliphatic heterocycles. The van der Waals surface area contributed by atoms with E-state index in [-0.39, 0.29) is 29.5 Å². The maximum absolute atomic E-state index is 12.5. The molecular formula is C21H23N3O5. The van der Waals surface area contributed by atoms with Crippen LogP contribution in [0.1, 0.15) is 46.7 Å². The van der Waals surface area contributed by atoms with Crippen molar-refractivity contribution < 1.29 is 23.6 Å². The molecule has 8 nitrogen and oxygen atoms in total. The van der Waals surface area contributed by atoms with Crippen molar-refractivity contribution >= 4 is 23.6 Å². The van der Waals surface area contributed by atoms with Gasteiger partial charge in [-0.1, -0.05) is 26.0 Å². The van der Waals surface area contributed by atoms with Gasteiger partial charge in [-0.05, 0) is 36.6 Å². The van der Waals surface area contributed by atoms with E-state index < -0.39 is 30.3 Å². The predicted octanol–water partition coefficient (Wildman–Crippen LogP) is 1.72. The van der Waals surface area contributed by atoms with Crippen LogP contribution in [0.5, 0.6) is 0 Å². The summed E-state index contributed by atoms with van der Waals surface area (Å²) in [6.45, 7) is 3.63. The molecule has 2 heterocycles. The van der Waals surface area contributed by atoms with Gasteiger partial charge in [0.1, 0.15) is 18.3 Å². The minimum absolute atomic E-state index is 0.147. The molecule has 3 rings (SSSR count). The molecule has 1 aliphatic rings. The predicted molar refractivity (Wildman–Crippen MR) is 104 cm³/mol. The van der Waals surface area contributed by atoms with Gasteiger partial charge in [0.05, 0.1) is 23.9 Å². The summed E-state index contributed by atoms with van der Waals surface area (Å²) >= 11 is 0. The zero-order valence-electron chi connectivity index (χ0n) is 16.3. The van der Waals surface area contributed by atoms with E-state index in [1.165, 1.54) is 6.26 Å². The summed E-state index contributed by atoms with van der Waals surface area (Å²) in [6, 6.07) is 9.10. The molecule has 0 unspecified atom stereocenters. The molecule has 152 valence electrons. The second kappa shape index (κ2) is 8.72. The standard InChI is InChI=1S/C21H23N3O5/c1-13(2)10-17(19(26)22-11-14-6-5-9-29-14)23-18(25)12-24-20(27)15-7-3-4-8-16(15)21(24)28/h3-9,13,17H,10-12H2,1-2H3,(H,22,26)(H,23,25)/t17-/m0/s1. The fourth-order valence-corrected chi connectivity index (χ4v) is 3.18. The summed E-state index contributed by atoms with van der Waals surface area (Å²) < 4.78 is 5.19. The highest BCUT2D eigenvalue weighted by molar-refractivity contribution is 6.22. The first-order valence-corrected chi connectivity index (χ1v) is 9.41. The molecule has 1 atom stereocenters. The molecule has 0 fully saturated rings. The average molecular weight is 397 g/mol. The summed E-state index contributed by atoms with van der Waals surface area (Å²) in [4.78, 5) is 50.8. The zero-order chi connectivity index (χ0) is 21.0. The monoisotopic (exact) mass is 397 g/mol. The molecule has 1 aromatic heterocycles. The van der Waals surface area contributed by atoms with E-state index in [0.717, 1.165) is 4.90 Å². The quantitative estimate of drug-likeness (QED) is 0.660. The molecule has 8 heteroatoms. The Kier molecular flexibility index (Phi) is 6.11. The molecule has 0 saturated carbocycles. The third-order valence-corrected chi connectivity index (χ3v) is 4.56. The van der Waals surface area contributed by atoms with Crippen molar-refractivity contribution in [1.29, 1.82) is 0 Å². The molecule has 2 N–H and O–H groups in total. The summed E-state index contributed by atoms with van der Waals surface area (Å²) in [7, 11) is 0. The molecule has 0 aliphatic carbocycles. The number of carbonyl (C=O) groups excluding carboxylic acids is 4. The Bertz CT molecular complexity index is 885. The van der Waals surface area contributed by atoms with Gasteiger partial charge in [-0.2, -0.15) is 0 Å². The number of hydrogen-bond acceptors (Lipinski definition) is 5. The van der Waals surface area contributed by atoms with Gasteiger partial charge in [-0.25, -0.2) is 0 Å². The van der Waals surface area contributed by atoms with Crippen molar-refractivity contribution in [1.82, 2.24) is 15.5 Å². The van der Waals surface area contributed by atoms with Crippen molar-refractivity contribution in [3.63, 3.8) is 0 Å². The van der Waals surface area contributed by atoms with E-state index in [1.54, 1.807) is 36.4 Å². The third-order valence-electron chi connectivity index (χ3n) is 4.56. The Labute approximate surface area is 168 Å². The number of imide groups is 1. The van der Waals surface area contributed by atoms with Crippen LogP contribution in [0.4, 0.5) is 0 Å². The molecule has 4 amide bonds. The zero-order valence-corrected chi connectivity index (χ0v) is 16.3. The van der Waals surface area contributed by atoms with Crippen molar-refractivity contribution in [2.75, 3.05) is 6.54 Å². The lowest BCUT2D eigenvalue weighted by Gasteiger charge is -2.21. The third kappa shape index (κ3) is 4.71. The topological polar surface area (TPSA) is 109 Å². The molecule has 1 aromatic carbocycles. The molecule has 29 heavy (non-hydrogen) atoms. The highest BCUT2D eigenvalue weighted by Crippen LogP contribution is 2.22. The summed E-state index contributed by atoms with van der Waals surface area (Å²) in [5.74, 6) is -1.20. The van der Waals surface area contributed by atoms with Crippen molar-refractivity contribution in [2.24, 2.45) is 5.92 Å². The van der Waals surface area contributed by atoms with Crippen LogP contribution in [0.15, 0.2) is 47.1 Å². The molecule has 0 radical (unpaired) electrons. The van der Waals surface area contributed by atoms with Crippen molar-refractivity contribution in [3.8, 4) is 0 Å². The van der Waals surface area contributed by atoms with Crippen molar-refractivity contribution in [2.45, 2.75) is 32.9 Å².